The van der Waals surface area contributed by atoms with Crippen molar-refractivity contribution in [3.63, 3.8) is 0 Å². The molecule has 2 amide bonds. The minimum absolute atomic E-state index is 0.0546. The molecule has 1 aromatic carbocycles. The van der Waals surface area contributed by atoms with Gasteiger partial charge in [0, 0.05) is 39.3 Å². The molecule has 6 nitrogen and oxygen atoms in total. The second kappa shape index (κ2) is 8.87. The molecule has 1 saturated carbocycles. The molecule has 0 radical (unpaired) electrons. The van der Waals surface area contributed by atoms with Gasteiger partial charge in [0.15, 0.2) is 5.76 Å². The summed E-state index contributed by atoms with van der Waals surface area (Å²) in [6.45, 7) is 4.27. The van der Waals surface area contributed by atoms with E-state index in [-0.39, 0.29) is 17.9 Å². The van der Waals surface area contributed by atoms with Crippen molar-refractivity contribution in [3.05, 3.63) is 59.5 Å². The molecule has 0 spiro atoms. The summed E-state index contributed by atoms with van der Waals surface area (Å²) in [6.07, 6.45) is 7.17. The summed E-state index contributed by atoms with van der Waals surface area (Å²) in [5, 5.41) is 0. The fourth-order valence-electron chi connectivity index (χ4n) is 5.56. The summed E-state index contributed by atoms with van der Waals surface area (Å²) < 4.78 is 5.28. The summed E-state index contributed by atoms with van der Waals surface area (Å²) in [5.41, 5.74) is 2.65. The van der Waals surface area contributed by atoms with E-state index in [1.807, 2.05) is 4.90 Å². The monoisotopic (exact) mass is 421 g/mol. The van der Waals surface area contributed by atoms with Crippen LogP contribution in [0.1, 0.15) is 47.4 Å². The van der Waals surface area contributed by atoms with Gasteiger partial charge in [-0.15, -0.1) is 0 Å². The molecule has 2 aromatic rings. The van der Waals surface area contributed by atoms with Crippen LogP contribution in [0.4, 0.5) is 0 Å². The van der Waals surface area contributed by atoms with Gasteiger partial charge in [-0.2, -0.15) is 0 Å². The Morgan fingerprint density at radius 2 is 1.61 bits per heavy atom. The van der Waals surface area contributed by atoms with E-state index in [4.69, 9.17) is 4.42 Å². The Hall–Kier alpha value is -2.60. The quantitative estimate of drug-likeness (QED) is 0.761. The van der Waals surface area contributed by atoms with E-state index in [9.17, 15) is 9.59 Å². The Labute approximate surface area is 183 Å². The van der Waals surface area contributed by atoms with Crippen molar-refractivity contribution in [3.8, 4) is 0 Å². The SMILES string of the molecule is O=C(c1ccco1)N1CCN(C(C(=O)N2CCc3ccccc3C2)C2CCCC2)CC1. The number of benzene rings is 1. The molecule has 31 heavy (non-hydrogen) atoms. The highest BCUT2D eigenvalue weighted by Gasteiger charge is 2.40. The van der Waals surface area contributed by atoms with Crippen molar-refractivity contribution >= 4 is 11.8 Å². The third-order valence-electron chi connectivity index (χ3n) is 7.27. The first-order chi connectivity index (χ1) is 15.2. The van der Waals surface area contributed by atoms with Crippen molar-refractivity contribution in [1.82, 2.24) is 14.7 Å². The van der Waals surface area contributed by atoms with Crippen molar-refractivity contribution in [1.29, 1.82) is 0 Å². The number of carbonyl (C=O) groups excluding carboxylic acids is 2. The van der Waals surface area contributed by atoms with Crippen LogP contribution in [0.5, 0.6) is 0 Å². The Morgan fingerprint density at radius 1 is 0.871 bits per heavy atom. The highest BCUT2D eigenvalue weighted by atomic mass is 16.3. The molecule has 2 aliphatic heterocycles. The minimum Gasteiger partial charge on any atom is -0.459 e. The summed E-state index contributed by atoms with van der Waals surface area (Å²) in [4.78, 5) is 32.7. The van der Waals surface area contributed by atoms with Crippen molar-refractivity contribution in [2.45, 2.75) is 44.7 Å². The first-order valence-electron chi connectivity index (χ1n) is 11.6. The fourth-order valence-corrected chi connectivity index (χ4v) is 5.56. The lowest BCUT2D eigenvalue weighted by Crippen LogP contribution is -2.58. The van der Waals surface area contributed by atoms with Gasteiger partial charge in [-0.3, -0.25) is 14.5 Å². The molecule has 0 N–H and O–H groups in total. The Balaban J connectivity index is 1.28. The first-order valence-corrected chi connectivity index (χ1v) is 11.6. The molecule has 2 fully saturated rings. The van der Waals surface area contributed by atoms with E-state index >= 15 is 0 Å². The van der Waals surface area contributed by atoms with Crippen LogP contribution in [0.2, 0.25) is 0 Å². The predicted molar refractivity (Wildman–Crippen MR) is 117 cm³/mol. The lowest BCUT2D eigenvalue weighted by atomic mass is 9.92. The molecular weight excluding hydrogens is 390 g/mol. The van der Waals surface area contributed by atoms with Crippen LogP contribution < -0.4 is 0 Å². The van der Waals surface area contributed by atoms with Crippen molar-refractivity contribution < 1.29 is 14.0 Å². The number of furan rings is 1. The van der Waals surface area contributed by atoms with Gasteiger partial charge in [-0.1, -0.05) is 37.1 Å². The zero-order valence-electron chi connectivity index (χ0n) is 18.0. The zero-order chi connectivity index (χ0) is 21.2. The third kappa shape index (κ3) is 4.13. The molecule has 3 aliphatic rings. The predicted octanol–water partition coefficient (Wildman–Crippen LogP) is 3.18. The number of nitrogens with zero attached hydrogens (tertiary/aromatic N) is 3. The van der Waals surface area contributed by atoms with Gasteiger partial charge in [0.2, 0.25) is 5.91 Å². The second-order valence-corrected chi connectivity index (χ2v) is 9.07. The summed E-state index contributed by atoms with van der Waals surface area (Å²) in [6, 6.07) is 11.9. The topological polar surface area (TPSA) is 57.0 Å². The maximum absolute atomic E-state index is 13.8. The van der Waals surface area contributed by atoms with Crippen LogP contribution in [-0.4, -0.2) is 65.3 Å². The van der Waals surface area contributed by atoms with Crippen LogP contribution in [-0.2, 0) is 17.8 Å². The van der Waals surface area contributed by atoms with Gasteiger partial charge in [-0.25, -0.2) is 0 Å². The first kappa shape index (κ1) is 20.3. The molecule has 1 aromatic heterocycles. The molecule has 5 rings (SSSR count). The van der Waals surface area contributed by atoms with Gasteiger partial charge < -0.3 is 14.2 Å². The fraction of sp³-hybridized carbons (Fsp3) is 0.520. The van der Waals surface area contributed by atoms with Crippen LogP contribution in [0.25, 0.3) is 0 Å². The summed E-state index contributed by atoms with van der Waals surface area (Å²) in [5.74, 6) is 1.05. The summed E-state index contributed by atoms with van der Waals surface area (Å²) in [7, 11) is 0. The van der Waals surface area contributed by atoms with Gasteiger partial charge in [0.05, 0.1) is 12.3 Å². The van der Waals surface area contributed by atoms with Crippen LogP contribution >= 0.6 is 0 Å². The number of piperazine rings is 1. The van der Waals surface area contributed by atoms with Gasteiger partial charge in [-0.05, 0) is 48.4 Å². The maximum Gasteiger partial charge on any atom is 0.289 e. The average molecular weight is 422 g/mol. The molecule has 3 heterocycles. The van der Waals surface area contributed by atoms with E-state index in [2.05, 4.69) is 34.1 Å². The molecule has 1 atom stereocenters. The van der Waals surface area contributed by atoms with Gasteiger partial charge >= 0.3 is 0 Å². The Kier molecular flexibility index (Phi) is 5.81. The minimum atomic E-state index is -0.0615. The number of amides is 2. The van der Waals surface area contributed by atoms with E-state index in [1.54, 1.807) is 12.1 Å². The average Bonchev–Trinajstić information content (AvgIpc) is 3.54. The molecule has 0 bridgehead atoms. The Bertz CT molecular complexity index is 912. The second-order valence-electron chi connectivity index (χ2n) is 9.07. The normalized spacial score (nSPS) is 21.2. The van der Waals surface area contributed by atoms with Gasteiger partial charge in [0.25, 0.3) is 5.91 Å². The number of rotatable bonds is 4. The standard InChI is InChI=1S/C25H31N3O3/c29-24(22-10-5-17-31-22)27-15-13-26(14-16-27)23(20-7-2-3-8-20)25(30)28-12-11-19-6-1-4-9-21(19)18-28/h1,4-6,9-10,17,20,23H,2-3,7-8,11-16,18H2. The molecular formula is C25H31N3O3. The third-order valence-corrected chi connectivity index (χ3v) is 7.27. The molecule has 164 valence electrons. The molecule has 1 saturated heterocycles. The van der Waals surface area contributed by atoms with E-state index < -0.39 is 0 Å². The highest BCUT2D eigenvalue weighted by molar-refractivity contribution is 5.91. The molecule has 1 unspecified atom stereocenters. The largest absolute Gasteiger partial charge is 0.459 e. The summed E-state index contributed by atoms with van der Waals surface area (Å²) >= 11 is 0. The highest BCUT2D eigenvalue weighted by Crippen LogP contribution is 2.33. The van der Waals surface area contributed by atoms with Crippen molar-refractivity contribution in [2.24, 2.45) is 5.92 Å². The van der Waals surface area contributed by atoms with E-state index in [1.165, 1.54) is 30.2 Å². The van der Waals surface area contributed by atoms with E-state index in [0.717, 1.165) is 45.4 Å². The van der Waals surface area contributed by atoms with Crippen LogP contribution in [0, 0.1) is 5.92 Å². The Morgan fingerprint density at radius 3 is 2.32 bits per heavy atom. The van der Waals surface area contributed by atoms with E-state index in [0.29, 0.717) is 24.8 Å². The lowest BCUT2D eigenvalue weighted by molar-refractivity contribution is -0.141. The number of carbonyl (C=O) groups is 2. The van der Waals surface area contributed by atoms with Crippen LogP contribution in [0.3, 0.4) is 0 Å². The van der Waals surface area contributed by atoms with Crippen molar-refractivity contribution in [2.75, 3.05) is 32.7 Å². The number of fused-ring (bicyclic) bond motifs is 1. The lowest BCUT2D eigenvalue weighted by Gasteiger charge is -2.43. The van der Waals surface area contributed by atoms with Gasteiger partial charge in [0.1, 0.15) is 0 Å². The smallest absolute Gasteiger partial charge is 0.289 e. The molecule has 6 heteroatoms. The zero-order valence-corrected chi connectivity index (χ0v) is 18.0. The molecule has 1 aliphatic carbocycles. The maximum atomic E-state index is 13.8. The number of hydrogen-bond acceptors (Lipinski definition) is 4. The number of hydrogen-bond donors (Lipinski definition) is 0. The van der Waals surface area contributed by atoms with Crippen LogP contribution in [0.15, 0.2) is 47.1 Å².